The van der Waals surface area contributed by atoms with Crippen molar-refractivity contribution in [2.24, 2.45) is 5.14 Å². The topological polar surface area (TPSA) is 89.3 Å². The van der Waals surface area contributed by atoms with Crippen LogP contribution in [0.2, 0.25) is 0 Å². The number of hydrogen-bond donors (Lipinski definition) is 2. The van der Waals surface area contributed by atoms with Crippen molar-refractivity contribution in [1.82, 2.24) is 5.32 Å². The number of sulfonamides is 1. The van der Waals surface area contributed by atoms with Gasteiger partial charge in [-0.2, -0.15) is 0 Å². The third-order valence-corrected chi connectivity index (χ3v) is 5.05. The maximum atomic E-state index is 12.1. The van der Waals surface area contributed by atoms with E-state index in [-0.39, 0.29) is 22.4 Å². The molecule has 0 radical (unpaired) electrons. The van der Waals surface area contributed by atoms with Gasteiger partial charge in [0.25, 0.3) is 5.91 Å². The second-order valence-electron chi connectivity index (χ2n) is 4.61. The van der Waals surface area contributed by atoms with Crippen LogP contribution in [0, 0.1) is 6.92 Å². The summed E-state index contributed by atoms with van der Waals surface area (Å²) < 4.78 is 23.6. The van der Waals surface area contributed by atoms with Crippen molar-refractivity contribution in [3.05, 3.63) is 27.7 Å². The lowest BCUT2D eigenvalue weighted by Gasteiger charge is -2.16. The zero-order valence-corrected chi connectivity index (χ0v) is 14.1. The highest BCUT2D eigenvalue weighted by Gasteiger charge is 2.19. The Morgan fingerprint density at radius 1 is 1.35 bits per heavy atom. The first-order valence-corrected chi connectivity index (χ1v) is 8.68. The SMILES string of the molecule is CCC(CC)NC(=O)c1cc(Br)c(C)c(S(N)(=O)=O)c1. The van der Waals surface area contributed by atoms with Gasteiger partial charge in [-0.15, -0.1) is 0 Å². The lowest BCUT2D eigenvalue weighted by molar-refractivity contribution is 0.0934. The number of rotatable bonds is 5. The molecule has 1 aromatic rings. The smallest absolute Gasteiger partial charge is 0.251 e. The molecule has 0 unspecified atom stereocenters. The first-order chi connectivity index (χ1) is 9.20. The summed E-state index contributed by atoms with van der Waals surface area (Å²) in [5.74, 6) is -0.302. The highest BCUT2D eigenvalue weighted by Crippen LogP contribution is 2.25. The fourth-order valence-corrected chi connectivity index (χ4v) is 3.26. The zero-order valence-electron chi connectivity index (χ0n) is 11.7. The van der Waals surface area contributed by atoms with Crippen LogP contribution in [0.1, 0.15) is 42.6 Å². The van der Waals surface area contributed by atoms with E-state index in [1.54, 1.807) is 13.0 Å². The Labute approximate surface area is 128 Å². The number of carbonyl (C=O) groups excluding carboxylic acids is 1. The lowest BCUT2D eigenvalue weighted by Crippen LogP contribution is -2.34. The van der Waals surface area contributed by atoms with Crippen molar-refractivity contribution in [2.45, 2.75) is 44.6 Å². The quantitative estimate of drug-likeness (QED) is 0.841. The summed E-state index contributed by atoms with van der Waals surface area (Å²) in [4.78, 5) is 12.1. The molecule has 0 aliphatic rings. The number of carbonyl (C=O) groups is 1. The van der Waals surface area contributed by atoms with Gasteiger partial charge in [0, 0.05) is 16.1 Å². The number of primary sulfonamides is 1. The van der Waals surface area contributed by atoms with Gasteiger partial charge in [0.1, 0.15) is 0 Å². The average molecular weight is 363 g/mol. The third-order valence-electron chi connectivity index (χ3n) is 3.19. The fraction of sp³-hybridized carbons (Fsp3) is 0.462. The molecule has 0 aliphatic carbocycles. The van der Waals surface area contributed by atoms with E-state index in [9.17, 15) is 13.2 Å². The van der Waals surface area contributed by atoms with Crippen molar-refractivity contribution in [2.75, 3.05) is 0 Å². The van der Waals surface area contributed by atoms with E-state index < -0.39 is 10.0 Å². The minimum atomic E-state index is -3.86. The van der Waals surface area contributed by atoms with E-state index in [2.05, 4.69) is 21.2 Å². The predicted octanol–water partition coefficient (Wildman–Crippen LogP) is 2.32. The van der Waals surface area contributed by atoms with Gasteiger partial charge in [0.2, 0.25) is 10.0 Å². The van der Waals surface area contributed by atoms with E-state index in [1.807, 2.05) is 13.8 Å². The summed E-state index contributed by atoms with van der Waals surface area (Å²) in [7, 11) is -3.86. The molecule has 0 fully saturated rings. The predicted molar refractivity (Wildman–Crippen MR) is 82.1 cm³/mol. The van der Waals surface area contributed by atoms with Crippen LogP contribution >= 0.6 is 15.9 Å². The van der Waals surface area contributed by atoms with E-state index in [0.717, 1.165) is 12.8 Å². The first kappa shape index (κ1) is 17.1. The Kier molecular flexibility index (Phi) is 5.73. The van der Waals surface area contributed by atoms with Gasteiger partial charge in [-0.25, -0.2) is 13.6 Å². The largest absolute Gasteiger partial charge is 0.349 e. The first-order valence-electron chi connectivity index (χ1n) is 6.34. The summed E-state index contributed by atoms with van der Waals surface area (Å²) >= 11 is 3.26. The molecule has 0 spiro atoms. The molecule has 0 saturated heterocycles. The van der Waals surface area contributed by atoms with Crippen LogP contribution in [-0.4, -0.2) is 20.4 Å². The molecule has 0 saturated carbocycles. The Morgan fingerprint density at radius 3 is 2.35 bits per heavy atom. The van der Waals surface area contributed by atoms with Gasteiger partial charge in [0.15, 0.2) is 0 Å². The van der Waals surface area contributed by atoms with Crippen LogP contribution in [0.5, 0.6) is 0 Å². The van der Waals surface area contributed by atoms with Crippen molar-refractivity contribution in [1.29, 1.82) is 0 Å². The highest BCUT2D eigenvalue weighted by atomic mass is 79.9. The molecule has 20 heavy (non-hydrogen) atoms. The molecule has 1 amide bonds. The van der Waals surface area contributed by atoms with Crippen LogP contribution in [0.3, 0.4) is 0 Å². The molecule has 7 heteroatoms. The molecule has 0 atom stereocenters. The number of halogens is 1. The third kappa shape index (κ3) is 4.04. The molecule has 112 valence electrons. The molecule has 0 bridgehead atoms. The van der Waals surface area contributed by atoms with E-state index in [1.165, 1.54) is 6.07 Å². The standard InChI is InChI=1S/C13H19BrN2O3S/c1-4-10(5-2)16-13(17)9-6-11(14)8(3)12(7-9)20(15,18)19/h6-7,10H,4-5H2,1-3H3,(H,16,17)(H2,15,18,19). The molecular weight excluding hydrogens is 344 g/mol. The monoisotopic (exact) mass is 362 g/mol. The maximum absolute atomic E-state index is 12.1. The summed E-state index contributed by atoms with van der Waals surface area (Å²) in [6, 6.07) is 2.98. The zero-order chi connectivity index (χ0) is 15.5. The number of benzene rings is 1. The van der Waals surface area contributed by atoms with Gasteiger partial charge in [-0.1, -0.05) is 29.8 Å². The molecular formula is C13H19BrN2O3S. The van der Waals surface area contributed by atoms with Gasteiger partial charge >= 0.3 is 0 Å². The van der Waals surface area contributed by atoms with Crippen LogP contribution < -0.4 is 10.5 Å². The van der Waals surface area contributed by atoms with E-state index >= 15 is 0 Å². The van der Waals surface area contributed by atoms with Crippen molar-refractivity contribution in [3.8, 4) is 0 Å². The molecule has 0 aliphatic heterocycles. The second kappa shape index (κ2) is 6.69. The second-order valence-corrected chi connectivity index (χ2v) is 7.00. The molecule has 1 rings (SSSR count). The highest BCUT2D eigenvalue weighted by molar-refractivity contribution is 9.10. The summed E-state index contributed by atoms with van der Waals surface area (Å²) in [5, 5.41) is 8.03. The van der Waals surface area contributed by atoms with Crippen LogP contribution in [0.25, 0.3) is 0 Å². The normalized spacial score (nSPS) is 11.7. The molecule has 0 aromatic heterocycles. The molecule has 0 heterocycles. The Hall–Kier alpha value is -0.920. The lowest BCUT2D eigenvalue weighted by atomic mass is 10.1. The van der Waals surface area contributed by atoms with Gasteiger partial charge in [-0.3, -0.25) is 4.79 Å². The van der Waals surface area contributed by atoms with Crippen molar-refractivity contribution >= 4 is 31.9 Å². The fourth-order valence-electron chi connectivity index (χ4n) is 1.84. The average Bonchev–Trinajstić information content (AvgIpc) is 2.37. The molecule has 5 nitrogen and oxygen atoms in total. The van der Waals surface area contributed by atoms with Crippen LogP contribution in [0.4, 0.5) is 0 Å². The summed E-state index contributed by atoms with van der Waals surface area (Å²) in [5.41, 5.74) is 0.769. The van der Waals surface area contributed by atoms with E-state index in [0.29, 0.717) is 10.0 Å². The Balaban J connectivity index is 3.21. The van der Waals surface area contributed by atoms with Gasteiger partial charge in [0.05, 0.1) is 4.90 Å². The molecule has 3 N–H and O–H groups in total. The van der Waals surface area contributed by atoms with E-state index in [4.69, 9.17) is 5.14 Å². The maximum Gasteiger partial charge on any atom is 0.251 e. The summed E-state index contributed by atoms with van der Waals surface area (Å²) in [6.07, 6.45) is 1.63. The van der Waals surface area contributed by atoms with Crippen LogP contribution in [0.15, 0.2) is 21.5 Å². The number of nitrogens with two attached hydrogens (primary N) is 1. The van der Waals surface area contributed by atoms with Crippen molar-refractivity contribution in [3.63, 3.8) is 0 Å². The van der Waals surface area contributed by atoms with Gasteiger partial charge in [-0.05, 0) is 37.5 Å². The summed E-state index contributed by atoms with van der Waals surface area (Å²) in [6.45, 7) is 5.59. The minimum Gasteiger partial charge on any atom is -0.349 e. The number of hydrogen-bond acceptors (Lipinski definition) is 3. The Bertz CT molecular complexity index is 610. The Morgan fingerprint density at radius 2 is 1.90 bits per heavy atom. The molecule has 1 aromatic carbocycles. The van der Waals surface area contributed by atoms with Crippen molar-refractivity contribution < 1.29 is 13.2 Å². The minimum absolute atomic E-state index is 0.0402. The van der Waals surface area contributed by atoms with Crippen LogP contribution in [-0.2, 0) is 10.0 Å². The number of nitrogens with one attached hydrogen (secondary N) is 1. The number of amides is 1. The van der Waals surface area contributed by atoms with Gasteiger partial charge < -0.3 is 5.32 Å².